The Kier molecular flexibility index (Phi) is 7.11. The van der Waals surface area contributed by atoms with Crippen molar-refractivity contribution in [3.63, 3.8) is 0 Å². The SMILES string of the molecule is CCNC(=O)C1=C(C)NC2=N/C(=C\c3ccc(-c4cccc(C)c4)[nH]3)C(=O)C2C1c1cc(OC)ccc1OC. The number of aromatic nitrogens is 1. The molecule has 0 aliphatic carbocycles. The number of amidine groups is 1. The number of Topliss-reactive ketones (excluding diaryl/α,β-unsaturated/α-hetero) is 1. The molecule has 3 aromatic rings. The minimum Gasteiger partial charge on any atom is -0.497 e. The molecule has 0 bridgehead atoms. The molecule has 8 heteroatoms. The third-order valence-corrected chi connectivity index (χ3v) is 7.12. The highest BCUT2D eigenvalue weighted by molar-refractivity contribution is 6.22. The van der Waals surface area contributed by atoms with Gasteiger partial charge in [0.2, 0.25) is 5.91 Å². The van der Waals surface area contributed by atoms with Gasteiger partial charge in [-0.05, 0) is 68.8 Å². The second-order valence-electron chi connectivity index (χ2n) is 9.67. The molecule has 39 heavy (non-hydrogen) atoms. The van der Waals surface area contributed by atoms with Gasteiger partial charge < -0.3 is 25.1 Å². The number of nitrogens with one attached hydrogen (secondary N) is 3. The largest absolute Gasteiger partial charge is 0.497 e. The first-order chi connectivity index (χ1) is 18.8. The summed E-state index contributed by atoms with van der Waals surface area (Å²) in [6, 6.07) is 17.5. The Morgan fingerprint density at radius 1 is 1.05 bits per heavy atom. The highest BCUT2D eigenvalue weighted by Crippen LogP contribution is 2.46. The van der Waals surface area contributed by atoms with Crippen LogP contribution in [0.2, 0.25) is 0 Å². The number of hydrogen-bond acceptors (Lipinski definition) is 6. The molecule has 0 saturated carbocycles. The fourth-order valence-corrected chi connectivity index (χ4v) is 5.32. The maximum Gasteiger partial charge on any atom is 0.249 e. The molecule has 3 heterocycles. The van der Waals surface area contributed by atoms with Gasteiger partial charge in [-0.15, -0.1) is 0 Å². The number of aryl methyl sites for hydroxylation is 1. The predicted octanol–water partition coefficient (Wildman–Crippen LogP) is 4.74. The van der Waals surface area contributed by atoms with Crippen LogP contribution in [0.25, 0.3) is 17.3 Å². The van der Waals surface area contributed by atoms with E-state index in [1.165, 1.54) is 5.56 Å². The zero-order chi connectivity index (χ0) is 27.7. The third-order valence-electron chi connectivity index (χ3n) is 7.12. The van der Waals surface area contributed by atoms with Crippen LogP contribution in [-0.2, 0) is 9.59 Å². The molecule has 0 spiro atoms. The summed E-state index contributed by atoms with van der Waals surface area (Å²) >= 11 is 0. The number of fused-ring (bicyclic) bond motifs is 1. The van der Waals surface area contributed by atoms with Gasteiger partial charge in [-0.1, -0.05) is 23.8 Å². The monoisotopic (exact) mass is 524 g/mol. The van der Waals surface area contributed by atoms with Gasteiger partial charge in [0.1, 0.15) is 23.0 Å². The lowest BCUT2D eigenvalue weighted by Crippen LogP contribution is -2.44. The van der Waals surface area contributed by atoms with Crippen molar-refractivity contribution in [1.29, 1.82) is 0 Å². The number of likely N-dealkylation sites (N-methyl/N-ethyl adjacent to an activating group) is 1. The Morgan fingerprint density at radius 2 is 1.87 bits per heavy atom. The van der Waals surface area contributed by atoms with Crippen LogP contribution in [0, 0.1) is 12.8 Å². The molecule has 200 valence electrons. The summed E-state index contributed by atoms with van der Waals surface area (Å²) in [5, 5.41) is 6.14. The van der Waals surface area contributed by atoms with E-state index >= 15 is 0 Å². The minimum absolute atomic E-state index is 0.173. The van der Waals surface area contributed by atoms with Crippen molar-refractivity contribution >= 4 is 23.6 Å². The zero-order valence-corrected chi connectivity index (χ0v) is 22.7. The van der Waals surface area contributed by atoms with Gasteiger partial charge in [0.05, 0.1) is 20.1 Å². The minimum atomic E-state index is -0.718. The average Bonchev–Trinajstić information content (AvgIpc) is 3.52. The van der Waals surface area contributed by atoms with Crippen LogP contribution >= 0.6 is 0 Å². The fraction of sp³-hybridized carbons (Fsp3) is 0.258. The van der Waals surface area contributed by atoms with E-state index in [4.69, 9.17) is 14.5 Å². The van der Waals surface area contributed by atoms with Crippen molar-refractivity contribution in [2.45, 2.75) is 26.7 Å². The van der Waals surface area contributed by atoms with E-state index in [0.29, 0.717) is 46.4 Å². The van der Waals surface area contributed by atoms with Crippen molar-refractivity contribution in [1.82, 2.24) is 15.6 Å². The number of rotatable bonds is 7. The summed E-state index contributed by atoms with van der Waals surface area (Å²) in [5.41, 5.74) is 6.07. The van der Waals surface area contributed by atoms with Gasteiger partial charge in [0.25, 0.3) is 0 Å². The number of amides is 1. The first-order valence-electron chi connectivity index (χ1n) is 12.9. The maximum absolute atomic E-state index is 14.0. The Morgan fingerprint density at radius 3 is 2.59 bits per heavy atom. The van der Waals surface area contributed by atoms with E-state index in [-0.39, 0.29) is 11.7 Å². The first kappa shape index (κ1) is 26.0. The highest BCUT2D eigenvalue weighted by atomic mass is 16.5. The predicted molar refractivity (Wildman–Crippen MR) is 152 cm³/mol. The summed E-state index contributed by atoms with van der Waals surface area (Å²) in [6.45, 7) is 6.20. The summed E-state index contributed by atoms with van der Waals surface area (Å²) in [7, 11) is 3.15. The standard InChI is InChI=1S/C31H32N4O4/c1-6-32-31(37)26-18(3)33-30-28(27(26)22-16-21(38-4)11-13-25(22)39-5)29(36)24(35-30)15-20-10-12-23(34-20)19-9-7-8-17(2)14-19/h7-16,27-28,34H,6H2,1-5H3,(H,32,37)(H,33,35)/b24-15-. The van der Waals surface area contributed by atoms with Crippen molar-refractivity contribution in [2.24, 2.45) is 10.9 Å². The molecule has 8 nitrogen and oxygen atoms in total. The molecular formula is C31H32N4O4. The van der Waals surface area contributed by atoms with E-state index in [2.05, 4.69) is 34.7 Å². The quantitative estimate of drug-likeness (QED) is 0.387. The lowest BCUT2D eigenvalue weighted by molar-refractivity contribution is -0.118. The number of ketones is 1. The summed E-state index contributed by atoms with van der Waals surface area (Å²) in [4.78, 5) is 35.4. The molecular weight excluding hydrogens is 492 g/mol. The number of allylic oxidation sites excluding steroid dienone is 2. The zero-order valence-electron chi connectivity index (χ0n) is 22.7. The van der Waals surface area contributed by atoms with Crippen LogP contribution in [-0.4, -0.2) is 43.3 Å². The molecule has 2 aromatic carbocycles. The number of H-pyrrole nitrogens is 1. The number of nitrogens with zero attached hydrogens (tertiary/aromatic N) is 1. The number of carbonyl (C=O) groups is 2. The van der Waals surface area contributed by atoms with Gasteiger partial charge >= 0.3 is 0 Å². The topological polar surface area (TPSA) is 105 Å². The summed E-state index contributed by atoms with van der Waals surface area (Å²) in [5.74, 6) is -0.0726. The van der Waals surface area contributed by atoms with Crippen molar-refractivity contribution in [2.75, 3.05) is 20.8 Å². The molecule has 0 saturated heterocycles. The van der Waals surface area contributed by atoms with Crippen LogP contribution in [0.5, 0.6) is 11.5 Å². The maximum atomic E-state index is 14.0. The molecule has 2 aliphatic heterocycles. The highest BCUT2D eigenvalue weighted by Gasteiger charge is 2.48. The Bertz CT molecular complexity index is 1550. The van der Waals surface area contributed by atoms with E-state index in [1.54, 1.807) is 32.4 Å². The first-order valence-corrected chi connectivity index (χ1v) is 12.9. The Balaban J connectivity index is 1.57. The van der Waals surface area contributed by atoms with Crippen LogP contribution in [0.3, 0.4) is 0 Å². The van der Waals surface area contributed by atoms with Crippen LogP contribution < -0.4 is 20.1 Å². The van der Waals surface area contributed by atoms with E-state index < -0.39 is 11.8 Å². The Labute approximate surface area is 227 Å². The molecule has 5 rings (SSSR count). The second kappa shape index (κ2) is 10.6. The van der Waals surface area contributed by atoms with E-state index in [9.17, 15) is 9.59 Å². The van der Waals surface area contributed by atoms with E-state index in [0.717, 1.165) is 17.0 Å². The third kappa shape index (κ3) is 4.85. The number of benzene rings is 2. The normalized spacial score (nSPS) is 19.5. The number of aliphatic imine (C=N–C) groups is 1. The van der Waals surface area contributed by atoms with Gasteiger partial charge in [-0.3, -0.25) is 9.59 Å². The molecule has 0 fully saturated rings. The van der Waals surface area contributed by atoms with Crippen LogP contribution in [0.1, 0.15) is 36.6 Å². The molecule has 1 aromatic heterocycles. The molecule has 1 amide bonds. The molecule has 0 radical (unpaired) electrons. The molecule has 2 aliphatic rings. The fourth-order valence-electron chi connectivity index (χ4n) is 5.32. The molecule has 2 unspecified atom stereocenters. The Hall–Kier alpha value is -4.59. The number of aromatic amines is 1. The molecule has 2 atom stereocenters. The van der Waals surface area contributed by atoms with Crippen LogP contribution in [0.4, 0.5) is 0 Å². The van der Waals surface area contributed by atoms with Gasteiger partial charge in [0, 0.05) is 40.7 Å². The van der Waals surface area contributed by atoms with Gasteiger partial charge in [-0.25, -0.2) is 4.99 Å². The van der Waals surface area contributed by atoms with Crippen molar-refractivity contribution in [3.05, 3.63) is 88.4 Å². The average molecular weight is 525 g/mol. The number of methoxy groups -OCH3 is 2. The molecule has 3 N–H and O–H groups in total. The summed E-state index contributed by atoms with van der Waals surface area (Å²) in [6.07, 6.45) is 1.76. The number of hydrogen-bond donors (Lipinski definition) is 3. The second-order valence-corrected chi connectivity index (χ2v) is 9.67. The van der Waals surface area contributed by atoms with E-state index in [1.807, 2.05) is 44.2 Å². The smallest absolute Gasteiger partial charge is 0.249 e. The van der Waals surface area contributed by atoms with Crippen LogP contribution in [0.15, 0.2) is 76.6 Å². The lowest BCUT2D eigenvalue weighted by atomic mass is 9.74. The summed E-state index contributed by atoms with van der Waals surface area (Å²) < 4.78 is 11.2. The van der Waals surface area contributed by atoms with Crippen molar-refractivity contribution in [3.8, 4) is 22.8 Å². The van der Waals surface area contributed by atoms with Crippen molar-refractivity contribution < 1.29 is 19.1 Å². The van der Waals surface area contributed by atoms with Gasteiger partial charge in [-0.2, -0.15) is 0 Å². The number of ether oxygens (including phenoxy) is 2. The van der Waals surface area contributed by atoms with Gasteiger partial charge in [0.15, 0.2) is 5.78 Å². The number of carbonyl (C=O) groups excluding carboxylic acids is 2. The lowest BCUT2D eigenvalue weighted by Gasteiger charge is -2.33.